The third-order valence-corrected chi connectivity index (χ3v) is 3.18. The summed E-state index contributed by atoms with van der Waals surface area (Å²) >= 11 is 0. The number of hydrogen-bond acceptors (Lipinski definition) is 1. The summed E-state index contributed by atoms with van der Waals surface area (Å²) in [6, 6.07) is 6.14. The van der Waals surface area contributed by atoms with E-state index < -0.39 is 0 Å². The second-order valence-corrected chi connectivity index (χ2v) is 4.90. The Kier molecular flexibility index (Phi) is 2.69. The first kappa shape index (κ1) is 11.7. The van der Waals surface area contributed by atoms with Gasteiger partial charge in [-0.05, 0) is 30.5 Å². The molecule has 1 aromatic carbocycles. The minimum Gasteiger partial charge on any atom is -0.364 e. The van der Waals surface area contributed by atoms with E-state index in [9.17, 15) is 4.79 Å². The van der Waals surface area contributed by atoms with Crippen molar-refractivity contribution in [2.45, 2.75) is 26.7 Å². The van der Waals surface area contributed by atoms with Crippen molar-refractivity contribution in [2.24, 2.45) is 12.8 Å². The van der Waals surface area contributed by atoms with Crippen LogP contribution in [0.1, 0.15) is 41.4 Å². The fraction of sp³-hybridized carbons (Fsp3) is 0.357. The zero-order valence-electron chi connectivity index (χ0n) is 10.7. The number of primary amides is 1. The zero-order chi connectivity index (χ0) is 12.7. The van der Waals surface area contributed by atoms with Crippen molar-refractivity contribution in [3.05, 3.63) is 35.0 Å². The van der Waals surface area contributed by atoms with Gasteiger partial charge in [-0.3, -0.25) is 4.79 Å². The fourth-order valence-electron chi connectivity index (χ4n) is 2.37. The van der Waals surface area contributed by atoms with Crippen LogP contribution in [0.3, 0.4) is 0 Å². The fourth-order valence-corrected chi connectivity index (χ4v) is 2.37. The van der Waals surface area contributed by atoms with E-state index in [0.717, 1.165) is 10.9 Å². The van der Waals surface area contributed by atoms with E-state index in [-0.39, 0.29) is 5.91 Å². The van der Waals surface area contributed by atoms with Gasteiger partial charge in [0.1, 0.15) is 5.69 Å². The first-order chi connectivity index (χ1) is 7.91. The summed E-state index contributed by atoms with van der Waals surface area (Å²) < 4.78 is 1.90. The lowest BCUT2D eigenvalue weighted by molar-refractivity contribution is 0.0993. The SMILES string of the molecule is Cc1cc(C(C)C)c2c(c1)cc(C(N)=O)n2C. The predicted octanol–water partition coefficient (Wildman–Crippen LogP) is 2.71. The van der Waals surface area contributed by atoms with Crippen molar-refractivity contribution in [1.82, 2.24) is 4.57 Å². The molecule has 0 fully saturated rings. The van der Waals surface area contributed by atoms with E-state index in [1.807, 2.05) is 17.7 Å². The zero-order valence-corrected chi connectivity index (χ0v) is 10.7. The highest BCUT2D eigenvalue weighted by Gasteiger charge is 2.15. The average Bonchev–Trinajstić information content (AvgIpc) is 2.54. The van der Waals surface area contributed by atoms with Crippen molar-refractivity contribution in [3.63, 3.8) is 0 Å². The largest absolute Gasteiger partial charge is 0.364 e. The first-order valence-corrected chi connectivity index (χ1v) is 5.81. The van der Waals surface area contributed by atoms with E-state index in [4.69, 9.17) is 5.73 Å². The van der Waals surface area contributed by atoms with Crippen LogP contribution in [0.2, 0.25) is 0 Å². The Bertz CT molecular complexity index is 594. The third-order valence-electron chi connectivity index (χ3n) is 3.18. The Balaban J connectivity index is 2.87. The minimum absolute atomic E-state index is 0.379. The summed E-state index contributed by atoms with van der Waals surface area (Å²) in [6.07, 6.45) is 0. The van der Waals surface area contributed by atoms with Gasteiger partial charge in [0.05, 0.1) is 5.52 Å². The van der Waals surface area contributed by atoms with Gasteiger partial charge in [0.2, 0.25) is 0 Å². The molecule has 0 aliphatic rings. The van der Waals surface area contributed by atoms with E-state index in [1.54, 1.807) is 0 Å². The number of nitrogens with two attached hydrogens (primary N) is 1. The van der Waals surface area contributed by atoms with Crippen LogP contribution in [-0.2, 0) is 7.05 Å². The second kappa shape index (κ2) is 3.91. The molecular formula is C14H18N2O. The molecule has 0 atom stereocenters. The number of aryl methyl sites for hydroxylation is 2. The molecule has 17 heavy (non-hydrogen) atoms. The van der Waals surface area contributed by atoms with Crippen molar-refractivity contribution in [3.8, 4) is 0 Å². The Labute approximate surface area is 101 Å². The van der Waals surface area contributed by atoms with Gasteiger partial charge in [-0.2, -0.15) is 0 Å². The van der Waals surface area contributed by atoms with Crippen LogP contribution in [-0.4, -0.2) is 10.5 Å². The van der Waals surface area contributed by atoms with E-state index in [2.05, 4.69) is 32.9 Å². The van der Waals surface area contributed by atoms with Crippen molar-refractivity contribution >= 4 is 16.8 Å². The third kappa shape index (κ3) is 1.82. The van der Waals surface area contributed by atoms with Crippen LogP contribution in [0, 0.1) is 6.92 Å². The molecule has 2 aromatic rings. The van der Waals surface area contributed by atoms with Crippen molar-refractivity contribution in [2.75, 3.05) is 0 Å². The molecule has 0 radical (unpaired) electrons. The summed E-state index contributed by atoms with van der Waals surface area (Å²) in [6.45, 7) is 6.39. The molecule has 3 nitrogen and oxygen atoms in total. The molecule has 1 aromatic heterocycles. The molecule has 2 rings (SSSR count). The molecule has 90 valence electrons. The van der Waals surface area contributed by atoms with Crippen LogP contribution in [0.4, 0.5) is 0 Å². The lowest BCUT2D eigenvalue weighted by Crippen LogP contribution is -2.15. The first-order valence-electron chi connectivity index (χ1n) is 5.81. The van der Waals surface area contributed by atoms with Crippen LogP contribution in [0.15, 0.2) is 18.2 Å². The predicted molar refractivity (Wildman–Crippen MR) is 70.3 cm³/mol. The van der Waals surface area contributed by atoms with Gasteiger partial charge in [0.25, 0.3) is 5.91 Å². The summed E-state index contributed by atoms with van der Waals surface area (Å²) in [4.78, 5) is 11.4. The highest BCUT2D eigenvalue weighted by molar-refractivity contribution is 5.98. The molecule has 0 saturated carbocycles. The monoisotopic (exact) mass is 230 g/mol. The van der Waals surface area contributed by atoms with Gasteiger partial charge in [0, 0.05) is 12.4 Å². The molecule has 3 heteroatoms. The Morgan fingerprint density at radius 2 is 1.94 bits per heavy atom. The number of carbonyl (C=O) groups excluding carboxylic acids is 1. The molecular weight excluding hydrogens is 212 g/mol. The van der Waals surface area contributed by atoms with Gasteiger partial charge in [-0.1, -0.05) is 25.5 Å². The molecule has 0 aliphatic heterocycles. The van der Waals surface area contributed by atoms with Crippen LogP contribution in [0.25, 0.3) is 10.9 Å². The smallest absolute Gasteiger partial charge is 0.265 e. The number of carbonyl (C=O) groups is 1. The van der Waals surface area contributed by atoms with Crippen molar-refractivity contribution < 1.29 is 4.79 Å². The number of benzene rings is 1. The van der Waals surface area contributed by atoms with E-state index in [0.29, 0.717) is 11.6 Å². The summed E-state index contributed by atoms with van der Waals surface area (Å²) in [5, 5.41) is 1.09. The van der Waals surface area contributed by atoms with Gasteiger partial charge in [-0.15, -0.1) is 0 Å². The van der Waals surface area contributed by atoms with Crippen LogP contribution < -0.4 is 5.73 Å². The Morgan fingerprint density at radius 3 is 2.47 bits per heavy atom. The minimum atomic E-state index is -0.379. The number of rotatable bonds is 2. The summed E-state index contributed by atoms with van der Waals surface area (Å²) in [5.41, 5.74) is 9.53. The normalized spacial score (nSPS) is 11.4. The maximum absolute atomic E-state index is 11.4. The average molecular weight is 230 g/mol. The van der Waals surface area contributed by atoms with Crippen LogP contribution >= 0.6 is 0 Å². The Morgan fingerprint density at radius 1 is 1.29 bits per heavy atom. The lowest BCUT2D eigenvalue weighted by Gasteiger charge is -2.11. The van der Waals surface area contributed by atoms with Gasteiger partial charge in [-0.25, -0.2) is 0 Å². The highest BCUT2D eigenvalue weighted by Crippen LogP contribution is 2.29. The van der Waals surface area contributed by atoms with Crippen molar-refractivity contribution in [1.29, 1.82) is 0 Å². The maximum atomic E-state index is 11.4. The van der Waals surface area contributed by atoms with E-state index in [1.165, 1.54) is 11.1 Å². The van der Waals surface area contributed by atoms with Gasteiger partial charge in [0.15, 0.2) is 0 Å². The number of amides is 1. The molecule has 0 saturated heterocycles. The topological polar surface area (TPSA) is 48.0 Å². The lowest BCUT2D eigenvalue weighted by atomic mass is 9.98. The number of aromatic nitrogens is 1. The summed E-state index contributed by atoms with van der Waals surface area (Å²) in [5.74, 6) is 0.0442. The molecule has 1 amide bonds. The second-order valence-electron chi connectivity index (χ2n) is 4.90. The molecule has 0 unspecified atom stereocenters. The maximum Gasteiger partial charge on any atom is 0.265 e. The number of hydrogen-bond donors (Lipinski definition) is 1. The van der Waals surface area contributed by atoms with E-state index >= 15 is 0 Å². The van der Waals surface area contributed by atoms with Crippen LogP contribution in [0.5, 0.6) is 0 Å². The molecule has 0 spiro atoms. The number of nitrogens with zero attached hydrogens (tertiary/aromatic N) is 1. The standard InChI is InChI=1S/C14H18N2O/c1-8(2)11-6-9(3)5-10-7-12(14(15)17)16(4)13(10)11/h5-8H,1-4H3,(H2,15,17). The molecule has 0 aliphatic carbocycles. The Hall–Kier alpha value is -1.77. The quantitative estimate of drug-likeness (QED) is 0.847. The molecule has 0 bridgehead atoms. The molecule has 2 N–H and O–H groups in total. The van der Waals surface area contributed by atoms with Gasteiger partial charge >= 0.3 is 0 Å². The highest BCUT2D eigenvalue weighted by atomic mass is 16.1. The summed E-state index contributed by atoms with van der Waals surface area (Å²) in [7, 11) is 1.89. The van der Waals surface area contributed by atoms with Gasteiger partial charge < -0.3 is 10.3 Å². The molecule has 1 heterocycles. The number of fused-ring (bicyclic) bond motifs is 1.